The minimum Gasteiger partial charge on any atom is -0.492 e. The van der Waals surface area contributed by atoms with Gasteiger partial charge >= 0.3 is 0 Å². The van der Waals surface area contributed by atoms with E-state index in [2.05, 4.69) is 4.98 Å². The molecule has 0 aliphatic carbocycles. The lowest BCUT2D eigenvalue weighted by Crippen LogP contribution is -2.34. The number of pyridine rings is 1. The molecule has 126 valence electrons. The van der Waals surface area contributed by atoms with Crippen molar-refractivity contribution in [3.8, 4) is 5.75 Å². The summed E-state index contributed by atoms with van der Waals surface area (Å²) in [6.07, 6.45) is 0.927. The molecule has 0 saturated carbocycles. The van der Waals surface area contributed by atoms with E-state index in [0.29, 0.717) is 5.75 Å². The van der Waals surface area contributed by atoms with Crippen molar-refractivity contribution >= 4 is 11.6 Å². The standard InChI is InChI=1S/C15H14FN3O5/c1-18(6-7-24-12-4-2-10(16)3-5-12)15(21)13-8-11(19(22)23)9-17-14(13)20/h2-5,8-9H,6-7H2,1H3,(H,17,20). The molecule has 0 unspecified atom stereocenters. The predicted molar refractivity (Wildman–Crippen MR) is 82.6 cm³/mol. The Bertz CT molecular complexity index is 804. The highest BCUT2D eigenvalue weighted by Gasteiger charge is 2.19. The highest BCUT2D eigenvalue weighted by molar-refractivity contribution is 5.94. The molecule has 0 aliphatic rings. The second-order valence-corrected chi connectivity index (χ2v) is 4.89. The van der Waals surface area contributed by atoms with Crippen LogP contribution in [0.3, 0.4) is 0 Å². The molecule has 0 spiro atoms. The van der Waals surface area contributed by atoms with Crippen LogP contribution in [0, 0.1) is 15.9 Å². The summed E-state index contributed by atoms with van der Waals surface area (Å²) in [4.78, 5) is 37.3. The first-order valence-corrected chi connectivity index (χ1v) is 6.89. The minimum absolute atomic E-state index is 0.112. The van der Waals surface area contributed by atoms with Crippen LogP contribution in [0.15, 0.2) is 41.3 Å². The fourth-order valence-corrected chi connectivity index (χ4v) is 1.88. The van der Waals surface area contributed by atoms with Crippen molar-refractivity contribution in [2.75, 3.05) is 20.2 Å². The van der Waals surface area contributed by atoms with Crippen molar-refractivity contribution in [2.45, 2.75) is 0 Å². The van der Waals surface area contributed by atoms with E-state index in [4.69, 9.17) is 4.74 Å². The van der Waals surface area contributed by atoms with Crippen LogP contribution in [-0.2, 0) is 0 Å². The zero-order valence-electron chi connectivity index (χ0n) is 12.7. The third-order valence-corrected chi connectivity index (χ3v) is 3.18. The lowest BCUT2D eigenvalue weighted by molar-refractivity contribution is -0.385. The predicted octanol–water partition coefficient (Wildman–Crippen LogP) is 1.57. The summed E-state index contributed by atoms with van der Waals surface area (Å²) in [7, 11) is 1.44. The summed E-state index contributed by atoms with van der Waals surface area (Å²) in [6.45, 7) is 0.249. The van der Waals surface area contributed by atoms with Gasteiger partial charge in [0, 0.05) is 13.1 Å². The molecule has 1 aromatic carbocycles. The van der Waals surface area contributed by atoms with Gasteiger partial charge < -0.3 is 14.6 Å². The van der Waals surface area contributed by atoms with Gasteiger partial charge in [0.05, 0.1) is 17.7 Å². The minimum atomic E-state index is -0.711. The Labute approximate surface area is 135 Å². The molecular formula is C15H14FN3O5. The maximum Gasteiger partial charge on any atom is 0.286 e. The molecule has 0 bridgehead atoms. The van der Waals surface area contributed by atoms with Crippen molar-refractivity contribution in [1.82, 2.24) is 9.88 Å². The fourth-order valence-electron chi connectivity index (χ4n) is 1.88. The maximum absolute atomic E-state index is 12.8. The quantitative estimate of drug-likeness (QED) is 0.637. The molecule has 1 amide bonds. The van der Waals surface area contributed by atoms with Crippen LogP contribution >= 0.6 is 0 Å². The molecule has 2 rings (SSSR count). The van der Waals surface area contributed by atoms with Crippen molar-refractivity contribution in [3.63, 3.8) is 0 Å². The van der Waals surface area contributed by atoms with Gasteiger partial charge in [0.2, 0.25) is 0 Å². The molecule has 0 aliphatic heterocycles. The average Bonchev–Trinajstić information content (AvgIpc) is 2.56. The summed E-state index contributed by atoms with van der Waals surface area (Å²) < 4.78 is 18.1. The number of H-pyrrole nitrogens is 1. The third-order valence-electron chi connectivity index (χ3n) is 3.18. The zero-order valence-corrected chi connectivity index (χ0v) is 12.7. The number of carbonyl (C=O) groups excluding carboxylic acids is 1. The van der Waals surface area contributed by atoms with Crippen molar-refractivity contribution in [3.05, 3.63) is 68.4 Å². The highest BCUT2D eigenvalue weighted by atomic mass is 19.1. The number of hydrogen-bond acceptors (Lipinski definition) is 5. The molecule has 24 heavy (non-hydrogen) atoms. The number of amides is 1. The summed E-state index contributed by atoms with van der Waals surface area (Å²) in [5.41, 5.74) is -1.42. The summed E-state index contributed by atoms with van der Waals surface area (Å²) >= 11 is 0. The Morgan fingerprint density at radius 1 is 1.38 bits per heavy atom. The molecule has 0 fully saturated rings. The molecular weight excluding hydrogens is 321 g/mol. The average molecular weight is 335 g/mol. The Hall–Kier alpha value is -3.23. The van der Waals surface area contributed by atoms with E-state index in [-0.39, 0.29) is 30.2 Å². The van der Waals surface area contributed by atoms with Crippen LogP contribution in [0.4, 0.5) is 10.1 Å². The van der Waals surface area contributed by atoms with Crippen LogP contribution in [0.5, 0.6) is 5.75 Å². The molecule has 1 aromatic heterocycles. The van der Waals surface area contributed by atoms with E-state index in [1.165, 1.54) is 36.2 Å². The van der Waals surface area contributed by atoms with Gasteiger partial charge in [-0.3, -0.25) is 19.7 Å². The topological polar surface area (TPSA) is 106 Å². The highest BCUT2D eigenvalue weighted by Crippen LogP contribution is 2.12. The number of nitro groups is 1. The zero-order chi connectivity index (χ0) is 17.7. The molecule has 1 heterocycles. The van der Waals surface area contributed by atoms with E-state index < -0.39 is 16.4 Å². The number of nitrogens with one attached hydrogen (secondary N) is 1. The van der Waals surface area contributed by atoms with Gasteiger partial charge in [0.25, 0.3) is 17.2 Å². The second kappa shape index (κ2) is 7.36. The summed E-state index contributed by atoms with van der Waals surface area (Å²) in [5.74, 6) is -0.618. The van der Waals surface area contributed by atoms with Gasteiger partial charge in [-0.1, -0.05) is 0 Å². The fraction of sp³-hybridized carbons (Fsp3) is 0.200. The largest absolute Gasteiger partial charge is 0.492 e. The van der Waals surface area contributed by atoms with Gasteiger partial charge in [0.15, 0.2) is 0 Å². The Kier molecular flexibility index (Phi) is 5.25. The summed E-state index contributed by atoms with van der Waals surface area (Å²) in [6, 6.07) is 6.31. The van der Waals surface area contributed by atoms with E-state index in [0.717, 1.165) is 12.3 Å². The molecule has 9 heteroatoms. The Balaban J connectivity index is 1.99. The van der Waals surface area contributed by atoms with Gasteiger partial charge in [-0.05, 0) is 24.3 Å². The molecule has 0 radical (unpaired) electrons. The van der Waals surface area contributed by atoms with Crippen molar-refractivity contribution in [1.29, 1.82) is 0 Å². The third kappa shape index (κ3) is 4.15. The maximum atomic E-state index is 12.8. The monoisotopic (exact) mass is 335 g/mol. The number of halogens is 1. The van der Waals surface area contributed by atoms with Crippen LogP contribution < -0.4 is 10.3 Å². The number of aromatic amines is 1. The lowest BCUT2D eigenvalue weighted by atomic mass is 10.2. The first-order chi connectivity index (χ1) is 11.4. The van der Waals surface area contributed by atoms with Crippen LogP contribution in [0.1, 0.15) is 10.4 Å². The number of carbonyl (C=O) groups is 1. The Morgan fingerprint density at radius 2 is 2.04 bits per heavy atom. The number of benzene rings is 1. The second-order valence-electron chi connectivity index (χ2n) is 4.89. The van der Waals surface area contributed by atoms with Gasteiger partial charge in [-0.25, -0.2) is 4.39 Å². The van der Waals surface area contributed by atoms with Crippen molar-refractivity contribution in [2.24, 2.45) is 0 Å². The van der Waals surface area contributed by atoms with Crippen LogP contribution in [0.25, 0.3) is 0 Å². The Morgan fingerprint density at radius 3 is 2.67 bits per heavy atom. The first kappa shape index (κ1) is 17.1. The number of aromatic nitrogens is 1. The van der Waals surface area contributed by atoms with Gasteiger partial charge in [-0.2, -0.15) is 0 Å². The molecule has 0 saturated heterocycles. The van der Waals surface area contributed by atoms with Crippen LogP contribution in [0.2, 0.25) is 0 Å². The molecule has 0 atom stereocenters. The number of hydrogen-bond donors (Lipinski definition) is 1. The smallest absolute Gasteiger partial charge is 0.286 e. The van der Waals surface area contributed by atoms with E-state index in [1.54, 1.807) is 0 Å². The normalized spacial score (nSPS) is 10.2. The SMILES string of the molecule is CN(CCOc1ccc(F)cc1)C(=O)c1cc([N+](=O)[O-])c[nH]c1=O. The van der Waals surface area contributed by atoms with Gasteiger partial charge in [0.1, 0.15) is 23.7 Å². The number of rotatable bonds is 6. The van der Waals surface area contributed by atoms with E-state index in [9.17, 15) is 24.1 Å². The van der Waals surface area contributed by atoms with Gasteiger partial charge in [-0.15, -0.1) is 0 Å². The first-order valence-electron chi connectivity index (χ1n) is 6.89. The van der Waals surface area contributed by atoms with Crippen LogP contribution in [-0.4, -0.2) is 40.9 Å². The summed E-state index contributed by atoms with van der Waals surface area (Å²) in [5, 5.41) is 10.7. The van der Waals surface area contributed by atoms with Crippen molar-refractivity contribution < 1.29 is 18.8 Å². The number of ether oxygens (including phenoxy) is 1. The molecule has 8 nitrogen and oxygen atoms in total. The molecule has 1 N–H and O–H groups in total. The molecule has 2 aromatic rings. The lowest BCUT2D eigenvalue weighted by Gasteiger charge is -2.17. The van der Waals surface area contributed by atoms with E-state index >= 15 is 0 Å². The number of nitrogens with zero attached hydrogens (tertiary/aromatic N) is 2. The number of likely N-dealkylation sites (N-methyl/N-ethyl adjacent to an activating group) is 1. The van der Waals surface area contributed by atoms with E-state index in [1.807, 2.05) is 0 Å².